The van der Waals surface area contributed by atoms with Gasteiger partial charge in [-0.3, -0.25) is 0 Å². The van der Waals surface area contributed by atoms with Crippen LogP contribution in [-0.2, 0) is 0 Å². The van der Waals surface area contributed by atoms with Crippen molar-refractivity contribution in [2.24, 2.45) is 0 Å². The number of carboxylic acid groups (broad SMARTS) is 1. The summed E-state index contributed by atoms with van der Waals surface area (Å²) in [7, 11) is 0. The number of halogens is 1. The maximum Gasteiger partial charge on any atom is 0.356 e. The highest BCUT2D eigenvalue weighted by Gasteiger charge is 2.15. The Morgan fingerprint density at radius 3 is 2.93 bits per heavy atom. The number of carboxylic acids is 1. The summed E-state index contributed by atoms with van der Waals surface area (Å²) in [5, 5.41) is 8.84. The minimum Gasteiger partial charge on any atom is -0.476 e. The molecule has 2 rings (SSSR count). The Hall–Kier alpha value is -1.75. The SMILES string of the molecule is O=C(O)c1ncsc1-c1cccc(F)c1. The summed E-state index contributed by atoms with van der Waals surface area (Å²) < 4.78 is 12.9. The molecule has 0 fully saturated rings. The summed E-state index contributed by atoms with van der Waals surface area (Å²) in [6, 6.07) is 5.80. The van der Waals surface area contributed by atoms with Crippen molar-refractivity contribution in [1.82, 2.24) is 4.98 Å². The summed E-state index contributed by atoms with van der Waals surface area (Å²) >= 11 is 1.18. The molecule has 5 heteroatoms. The van der Waals surface area contributed by atoms with Crippen molar-refractivity contribution in [2.45, 2.75) is 0 Å². The van der Waals surface area contributed by atoms with Gasteiger partial charge in [0.1, 0.15) is 5.82 Å². The summed E-state index contributed by atoms with van der Waals surface area (Å²) in [5.74, 6) is -1.49. The average Bonchev–Trinajstić information content (AvgIpc) is 2.65. The zero-order valence-electron chi connectivity index (χ0n) is 7.48. The highest BCUT2D eigenvalue weighted by atomic mass is 32.1. The van der Waals surface area contributed by atoms with Crippen molar-refractivity contribution in [3.63, 3.8) is 0 Å². The van der Waals surface area contributed by atoms with Crippen LogP contribution in [0.2, 0.25) is 0 Å². The first-order valence-corrected chi connectivity index (χ1v) is 4.99. The van der Waals surface area contributed by atoms with Gasteiger partial charge in [-0.1, -0.05) is 12.1 Å². The van der Waals surface area contributed by atoms with Crippen molar-refractivity contribution in [1.29, 1.82) is 0 Å². The lowest BCUT2D eigenvalue weighted by atomic mass is 10.1. The van der Waals surface area contributed by atoms with Crippen LogP contribution >= 0.6 is 11.3 Å². The smallest absolute Gasteiger partial charge is 0.356 e. The number of thiazole rings is 1. The van der Waals surface area contributed by atoms with E-state index in [9.17, 15) is 9.18 Å². The van der Waals surface area contributed by atoms with Crippen LogP contribution in [0.1, 0.15) is 10.5 Å². The highest BCUT2D eigenvalue weighted by molar-refractivity contribution is 7.13. The quantitative estimate of drug-likeness (QED) is 0.851. The molecule has 0 aliphatic heterocycles. The Bertz CT molecular complexity index is 510. The summed E-state index contributed by atoms with van der Waals surface area (Å²) in [4.78, 5) is 15.0. The van der Waals surface area contributed by atoms with Gasteiger partial charge in [-0.25, -0.2) is 14.2 Å². The molecule has 1 aromatic heterocycles. The molecule has 1 heterocycles. The van der Waals surface area contributed by atoms with Crippen molar-refractivity contribution < 1.29 is 14.3 Å². The Morgan fingerprint density at radius 2 is 2.27 bits per heavy atom. The van der Waals surface area contributed by atoms with E-state index in [1.165, 1.54) is 35.0 Å². The third-order valence-corrected chi connectivity index (χ3v) is 2.73. The number of benzene rings is 1. The molecule has 0 aliphatic carbocycles. The van der Waals surface area contributed by atoms with E-state index < -0.39 is 11.8 Å². The lowest BCUT2D eigenvalue weighted by Gasteiger charge is -1.98. The van der Waals surface area contributed by atoms with Gasteiger partial charge in [0.2, 0.25) is 0 Å². The molecule has 0 spiro atoms. The second-order valence-electron chi connectivity index (χ2n) is 2.85. The van der Waals surface area contributed by atoms with Crippen LogP contribution in [-0.4, -0.2) is 16.1 Å². The largest absolute Gasteiger partial charge is 0.476 e. The average molecular weight is 223 g/mol. The van der Waals surface area contributed by atoms with Gasteiger partial charge in [0.25, 0.3) is 0 Å². The predicted octanol–water partition coefficient (Wildman–Crippen LogP) is 2.65. The van der Waals surface area contributed by atoms with Gasteiger partial charge in [0.05, 0.1) is 10.4 Å². The Kier molecular flexibility index (Phi) is 2.47. The van der Waals surface area contributed by atoms with E-state index in [2.05, 4.69) is 4.98 Å². The molecule has 2 aromatic rings. The Labute approximate surface area is 88.8 Å². The second-order valence-corrected chi connectivity index (χ2v) is 3.70. The van der Waals surface area contributed by atoms with Crippen LogP contribution in [0.5, 0.6) is 0 Å². The molecule has 1 N–H and O–H groups in total. The summed E-state index contributed by atoms with van der Waals surface area (Å²) in [5.41, 5.74) is 1.93. The number of aromatic carboxylic acids is 1. The lowest BCUT2D eigenvalue weighted by Crippen LogP contribution is -1.98. The monoisotopic (exact) mass is 223 g/mol. The molecule has 0 radical (unpaired) electrons. The number of hydrogen-bond donors (Lipinski definition) is 1. The maximum atomic E-state index is 12.9. The minimum absolute atomic E-state index is 0.0365. The van der Waals surface area contributed by atoms with Crippen molar-refractivity contribution in [2.75, 3.05) is 0 Å². The van der Waals surface area contributed by atoms with Gasteiger partial charge >= 0.3 is 5.97 Å². The molecule has 76 valence electrons. The highest BCUT2D eigenvalue weighted by Crippen LogP contribution is 2.27. The first-order chi connectivity index (χ1) is 7.18. The van der Waals surface area contributed by atoms with Crippen LogP contribution in [0.15, 0.2) is 29.8 Å². The molecular formula is C10H6FNO2S. The van der Waals surface area contributed by atoms with Gasteiger partial charge in [-0.2, -0.15) is 0 Å². The molecule has 15 heavy (non-hydrogen) atoms. The third kappa shape index (κ3) is 1.87. The number of nitrogens with zero attached hydrogens (tertiary/aromatic N) is 1. The summed E-state index contributed by atoms with van der Waals surface area (Å²) in [6.45, 7) is 0. The number of aromatic nitrogens is 1. The minimum atomic E-state index is -1.10. The van der Waals surface area contributed by atoms with E-state index in [0.29, 0.717) is 10.4 Å². The fourth-order valence-electron chi connectivity index (χ4n) is 1.23. The fourth-order valence-corrected chi connectivity index (χ4v) is 2.01. The van der Waals surface area contributed by atoms with Crippen LogP contribution < -0.4 is 0 Å². The molecule has 0 unspecified atom stereocenters. The van der Waals surface area contributed by atoms with Gasteiger partial charge in [-0.15, -0.1) is 11.3 Å². The molecule has 0 atom stereocenters. The first-order valence-electron chi connectivity index (χ1n) is 4.11. The third-order valence-electron chi connectivity index (χ3n) is 1.86. The zero-order chi connectivity index (χ0) is 10.8. The van der Waals surface area contributed by atoms with E-state index >= 15 is 0 Å². The normalized spacial score (nSPS) is 10.2. The van der Waals surface area contributed by atoms with Crippen LogP contribution in [0.25, 0.3) is 10.4 Å². The fraction of sp³-hybridized carbons (Fsp3) is 0. The van der Waals surface area contributed by atoms with Gasteiger partial charge in [-0.05, 0) is 17.7 Å². The molecule has 0 amide bonds. The standard InChI is InChI=1S/C10H6FNO2S/c11-7-3-1-2-6(4-7)9-8(10(13)14)12-5-15-9/h1-5H,(H,13,14). The first kappa shape index (κ1) is 9.79. The number of rotatable bonds is 2. The van der Waals surface area contributed by atoms with Crippen molar-refractivity contribution in [3.8, 4) is 10.4 Å². The van der Waals surface area contributed by atoms with E-state index in [-0.39, 0.29) is 5.69 Å². The number of hydrogen-bond acceptors (Lipinski definition) is 3. The van der Waals surface area contributed by atoms with Crippen LogP contribution in [0.3, 0.4) is 0 Å². The van der Waals surface area contributed by atoms with Crippen molar-refractivity contribution in [3.05, 3.63) is 41.3 Å². The van der Waals surface area contributed by atoms with Crippen LogP contribution in [0, 0.1) is 5.82 Å². The Balaban J connectivity index is 2.54. The molecule has 0 aliphatic rings. The molecule has 0 saturated carbocycles. The van der Waals surface area contributed by atoms with E-state index in [1.807, 2.05) is 0 Å². The molecule has 1 aromatic carbocycles. The summed E-state index contributed by atoms with van der Waals surface area (Å²) in [6.07, 6.45) is 0. The number of carbonyl (C=O) groups is 1. The molecule has 3 nitrogen and oxygen atoms in total. The lowest BCUT2D eigenvalue weighted by molar-refractivity contribution is 0.0692. The van der Waals surface area contributed by atoms with Gasteiger partial charge in [0, 0.05) is 0 Å². The molecule has 0 saturated heterocycles. The van der Waals surface area contributed by atoms with Crippen molar-refractivity contribution >= 4 is 17.3 Å². The van der Waals surface area contributed by atoms with E-state index in [4.69, 9.17) is 5.11 Å². The second kappa shape index (κ2) is 3.78. The zero-order valence-corrected chi connectivity index (χ0v) is 8.29. The van der Waals surface area contributed by atoms with Crippen LogP contribution in [0.4, 0.5) is 4.39 Å². The molecule has 0 bridgehead atoms. The Morgan fingerprint density at radius 1 is 1.47 bits per heavy atom. The van der Waals surface area contributed by atoms with E-state index in [0.717, 1.165) is 0 Å². The molecular weight excluding hydrogens is 217 g/mol. The predicted molar refractivity (Wildman–Crippen MR) is 54.5 cm³/mol. The van der Waals surface area contributed by atoms with Gasteiger partial charge in [0.15, 0.2) is 5.69 Å². The topological polar surface area (TPSA) is 50.2 Å². The van der Waals surface area contributed by atoms with Gasteiger partial charge < -0.3 is 5.11 Å². The van der Waals surface area contributed by atoms with E-state index in [1.54, 1.807) is 6.07 Å². The maximum absolute atomic E-state index is 12.9.